The number of nitrogens with one attached hydrogen (secondary N) is 3. The summed E-state index contributed by atoms with van der Waals surface area (Å²) in [5.74, 6) is 0.770. The Balaban J connectivity index is 1.29. The van der Waals surface area contributed by atoms with Gasteiger partial charge in [-0.15, -0.1) is 11.3 Å². The first-order valence-electron chi connectivity index (χ1n) is 10.4. The number of benzene rings is 2. The lowest BCUT2D eigenvalue weighted by Crippen LogP contribution is -2.38. The SMILES string of the molecule is N=C(Nc1cccc(C(=O)Nc2nccs2)c1)c1ccc(OCCN2CCOCC2)cc1. The van der Waals surface area contributed by atoms with Gasteiger partial charge in [0.1, 0.15) is 18.2 Å². The second-order valence-corrected chi connectivity index (χ2v) is 8.09. The standard InChI is InChI=1S/C23H25N5O3S/c24-21(17-4-6-20(7-5-17)31-14-11-28-9-12-30-13-10-28)26-19-3-1-2-18(16-19)22(29)27-23-25-8-15-32-23/h1-8,15-16H,9-14H2,(H2,24,26)(H,25,27,29). The van der Waals surface area contributed by atoms with E-state index in [-0.39, 0.29) is 11.7 Å². The molecule has 9 heteroatoms. The third-order valence-corrected chi connectivity index (χ3v) is 5.66. The third kappa shape index (κ3) is 6.13. The molecule has 1 fully saturated rings. The number of anilines is 2. The largest absolute Gasteiger partial charge is 0.492 e. The number of amides is 1. The molecule has 0 aliphatic carbocycles. The summed E-state index contributed by atoms with van der Waals surface area (Å²) in [6.45, 7) is 4.93. The summed E-state index contributed by atoms with van der Waals surface area (Å²) in [5.41, 5.74) is 1.87. The molecule has 1 aliphatic heterocycles. The second-order valence-electron chi connectivity index (χ2n) is 7.20. The molecule has 0 spiro atoms. The van der Waals surface area contributed by atoms with Crippen molar-refractivity contribution >= 4 is 33.9 Å². The number of hydrogen-bond acceptors (Lipinski definition) is 7. The summed E-state index contributed by atoms with van der Waals surface area (Å²) >= 11 is 1.36. The Kier molecular flexibility index (Phi) is 7.44. The van der Waals surface area contributed by atoms with Gasteiger partial charge in [-0.3, -0.25) is 20.4 Å². The van der Waals surface area contributed by atoms with E-state index < -0.39 is 0 Å². The molecular weight excluding hydrogens is 426 g/mol. The molecule has 3 N–H and O–H groups in total. The smallest absolute Gasteiger partial charge is 0.257 e. The number of carbonyl (C=O) groups is 1. The Bertz CT molecular complexity index is 1030. The summed E-state index contributed by atoms with van der Waals surface area (Å²) < 4.78 is 11.2. The van der Waals surface area contributed by atoms with E-state index in [2.05, 4.69) is 20.5 Å². The Labute approximate surface area is 190 Å². The highest BCUT2D eigenvalue weighted by atomic mass is 32.1. The van der Waals surface area contributed by atoms with Crippen LogP contribution in [0.3, 0.4) is 0 Å². The van der Waals surface area contributed by atoms with Gasteiger partial charge in [-0.1, -0.05) is 6.07 Å². The minimum Gasteiger partial charge on any atom is -0.492 e. The molecular formula is C23H25N5O3S. The first-order chi connectivity index (χ1) is 15.7. The zero-order chi connectivity index (χ0) is 22.2. The van der Waals surface area contributed by atoms with Crippen LogP contribution in [0.4, 0.5) is 10.8 Å². The van der Waals surface area contributed by atoms with Crippen LogP contribution >= 0.6 is 11.3 Å². The summed E-state index contributed by atoms with van der Waals surface area (Å²) in [5, 5.41) is 16.5. The number of aromatic nitrogens is 1. The molecule has 1 amide bonds. The molecule has 0 atom stereocenters. The van der Waals surface area contributed by atoms with Crippen LogP contribution < -0.4 is 15.4 Å². The van der Waals surface area contributed by atoms with Gasteiger partial charge < -0.3 is 14.8 Å². The zero-order valence-corrected chi connectivity index (χ0v) is 18.4. The van der Waals surface area contributed by atoms with Gasteiger partial charge in [0.15, 0.2) is 5.13 Å². The van der Waals surface area contributed by atoms with Gasteiger partial charge in [0.25, 0.3) is 5.91 Å². The molecule has 8 nitrogen and oxygen atoms in total. The van der Waals surface area contributed by atoms with Crippen molar-refractivity contribution in [1.82, 2.24) is 9.88 Å². The van der Waals surface area contributed by atoms with E-state index in [9.17, 15) is 4.79 Å². The van der Waals surface area contributed by atoms with Crippen LogP contribution in [-0.4, -0.2) is 61.1 Å². The number of nitrogens with zero attached hydrogens (tertiary/aromatic N) is 2. The number of amidine groups is 1. The highest BCUT2D eigenvalue weighted by Crippen LogP contribution is 2.17. The summed E-state index contributed by atoms with van der Waals surface area (Å²) in [7, 11) is 0. The zero-order valence-electron chi connectivity index (χ0n) is 17.5. The lowest BCUT2D eigenvalue weighted by Gasteiger charge is -2.26. The van der Waals surface area contributed by atoms with E-state index in [1.54, 1.807) is 29.8 Å². The Morgan fingerprint density at radius 2 is 1.94 bits per heavy atom. The molecule has 4 rings (SSSR count). The summed E-state index contributed by atoms with van der Waals surface area (Å²) in [6.07, 6.45) is 1.64. The molecule has 2 heterocycles. The van der Waals surface area contributed by atoms with E-state index in [1.165, 1.54) is 11.3 Å². The van der Waals surface area contributed by atoms with Crippen LogP contribution in [0.15, 0.2) is 60.1 Å². The van der Waals surface area contributed by atoms with E-state index >= 15 is 0 Å². The van der Waals surface area contributed by atoms with Crippen molar-refractivity contribution in [2.24, 2.45) is 0 Å². The fourth-order valence-corrected chi connectivity index (χ4v) is 3.77. The molecule has 1 aromatic heterocycles. The van der Waals surface area contributed by atoms with Gasteiger partial charge in [-0.2, -0.15) is 0 Å². The lowest BCUT2D eigenvalue weighted by molar-refractivity contribution is 0.0322. The van der Waals surface area contributed by atoms with Crippen molar-refractivity contribution in [3.05, 3.63) is 71.2 Å². The van der Waals surface area contributed by atoms with E-state index in [1.807, 2.05) is 30.3 Å². The second kappa shape index (κ2) is 10.9. The molecule has 3 aromatic rings. The maximum Gasteiger partial charge on any atom is 0.257 e. The number of hydrogen-bond donors (Lipinski definition) is 3. The van der Waals surface area contributed by atoms with Crippen LogP contribution in [0.5, 0.6) is 5.75 Å². The molecule has 1 aliphatic rings. The molecule has 0 saturated carbocycles. The Morgan fingerprint density at radius 1 is 1.12 bits per heavy atom. The lowest BCUT2D eigenvalue weighted by atomic mass is 10.1. The Morgan fingerprint density at radius 3 is 2.69 bits per heavy atom. The summed E-state index contributed by atoms with van der Waals surface area (Å²) in [6, 6.07) is 14.4. The summed E-state index contributed by atoms with van der Waals surface area (Å²) in [4.78, 5) is 18.8. The molecule has 0 unspecified atom stereocenters. The normalized spacial score (nSPS) is 14.0. The minimum atomic E-state index is -0.242. The van der Waals surface area contributed by atoms with Gasteiger partial charge in [0.2, 0.25) is 0 Å². The fourth-order valence-electron chi connectivity index (χ4n) is 3.24. The predicted molar refractivity (Wildman–Crippen MR) is 126 cm³/mol. The monoisotopic (exact) mass is 451 g/mol. The number of thiazole rings is 1. The number of ether oxygens (including phenoxy) is 2. The fraction of sp³-hybridized carbons (Fsp3) is 0.261. The maximum atomic E-state index is 12.4. The van der Waals surface area contributed by atoms with Crippen LogP contribution in [-0.2, 0) is 4.74 Å². The molecule has 0 bridgehead atoms. The molecule has 0 radical (unpaired) electrons. The predicted octanol–water partition coefficient (Wildman–Crippen LogP) is 3.54. The number of morpholine rings is 1. The van der Waals surface area contributed by atoms with Crippen molar-refractivity contribution in [3.63, 3.8) is 0 Å². The minimum absolute atomic E-state index is 0.238. The van der Waals surface area contributed by atoms with Gasteiger partial charge in [0, 0.05) is 48.0 Å². The molecule has 166 valence electrons. The van der Waals surface area contributed by atoms with Gasteiger partial charge in [-0.05, 0) is 42.5 Å². The van der Waals surface area contributed by atoms with Gasteiger partial charge >= 0.3 is 0 Å². The van der Waals surface area contributed by atoms with Gasteiger partial charge in [0.05, 0.1) is 13.2 Å². The molecule has 1 saturated heterocycles. The van der Waals surface area contributed by atoms with Crippen molar-refractivity contribution < 1.29 is 14.3 Å². The van der Waals surface area contributed by atoms with Crippen LogP contribution in [0.1, 0.15) is 15.9 Å². The van der Waals surface area contributed by atoms with Crippen molar-refractivity contribution in [3.8, 4) is 5.75 Å². The third-order valence-electron chi connectivity index (χ3n) is 4.97. The van der Waals surface area contributed by atoms with Crippen LogP contribution in [0.25, 0.3) is 0 Å². The van der Waals surface area contributed by atoms with E-state index in [0.717, 1.165) is 44.2 Å². The molecule has 2 aromatic carbocycles. The van der Waals surface area contributed by atoms with Crippen molar-refractivity contribution in [2.45, 2.75) is 0 Å². The van der Waals surface area contributed by atoms with Gasteiger partial charge in [-0.25, -0.2) is 4.98 Å². The Hall–Kier alpha value is -3.27. The highest BCUT2D eigenvalue weighted by molar-refractivity contribution is 7.13. The quantitative estimate of drug-likeness (QED) is 0.358. The molecule has 32 heavy (non-hydrogen) atoms. The topological polar surface area (TPSA) is 99.6 Å². The highest BCUT2D eigenvalue weighted by Gasteiger charge is 2.11. The van der Waals surface area contributed by atoms with Crippen molar-refractivity contribution in [1.29, 1.82) is 5.41 Å². The number of rotatable bonds is 8. The van der Waals surface area contributed by atoms with Crippen LogP contribution in [0.2, 0.25) is 0 Å². The van der Waals surface area contributed by atoms with E-state index in [4.69, 9.17) is 14.9 Å². The average molecular weight is 452 g/mol. The first-order valence-corrected chi connectivity index (χ1v) is 11.3. The van der Waals surface area contributed by atoms with Crippen molar-refractivity contribution in [2.75, 3.05) is 50.1 Å². The maximum absolute atomic E-state index is 12.4. The number of carbonyl (C=O) groups excluding carboxylic acids is 1. The van der Waals surface area contributed by atoms with Crippen LogP contribution in [0, 0.1) is 5.41 Å². The van der Waals surface area contributed by atoms with E-state index in [0.29, 0.717) is 23.0 Å². The first kappa shape index (κ1) is 21.9. The average Bonchev–Trinajstić information content (AvgIpc) is 3.33.